The molecule has 0 radical (unpaired) electrons. The number of hydrogen-bond acceptors (Lipinski definition) is 11. The van der Waals surface area contributed by atoms with Crippen LogP contribution >= 0.6 is 0 Å². The number of epoxide rings is 3. The summed E-state index contributed by atoms with van der Waals surface area (Å²) in [7, 11) is 0. The normalized spacial score (nSPS) is 27.7. The Morgan fingerprint density at radius 3 is 1.29 bits per heavy atom. The van der Waals surface area contributed by atoms with Crippen molar-refractivity contribution in [1.82, 2.24) is 0 Å². The van der Waals surface area contributed by atoms with E-state index < -0.39 is 6.10 Å². The van der Waals surface area contributed by atoms with Crippen LogP contribution in [0.15, 0.2) is 0 Å². The molecule has 0 aromatic carbocycles. The minimum Gasteiger partial charge on any atom is -0.462 e. The van der Waals surface area contributed by atoms with Gasteiger partial charge in [-0.3, -0.25) is 14.4 Å². The Hall–Kier alpha value is -1.79. The van der Waals surface area contributed by atoms with E-state index >= 15 is 0 Å². The van der Waals surface area contributed by atoms with E-state index in [2.05, 4.69) is 20.8 Å². The molecule has 5 heterocycles. The fourth-order valence-corrected chi connectivity index (χ4v) is 10.3. The van der Waals surface area contributed by atoms with Gasteiger partial charge in [-0.15, -0.1) is 0 Å². The second-order valence-electron chi connectivity index (χ2n) is 20.8. The largest absolute Gasteiger partial charge is 0.462 e. The highest BCUT2D eigenvalue weighted by atomic mass is 16.6. The lowest BCUT2D eigenvalue weighted by Crippen LogP contribution is -2.42. The van der Waals surface area contributed by atoms with Crippen molar-refractivity contribution >= 4 is 17.9 Å². The lowest BCUT2D eigenvalue weighted by molar-refractivity contribution is -0.167. The molecule has 0 aromatic heterocycles. The van der Waals surface area contributed by atoms with Crippen molar-refractivity contribution in [2.75, 3.05) is 13.2 Å². The van der Waals surface area contributed by atoms with Crippen molar-refractivity contribution < 1.29 is 52.3 Å². The monoisotopic (exact) mass is 933 g/mol. The van der Waals surface area contributed by atoms with E-state index in [1.165, 1.54) is 89.9 Å². The summed E-state index contributed by atoms with van der Waals surface area (Å²) in [6, 6.07) is 0. The number of unbranched alkanes of at least 4 members (excludes halogenated alkanes) is 22. The first kappa shape index (κ1) is 55.1. The molecule has 0 N–H and O–H groups in total. The number of carbonyl (C=O) groups excluding carboxylic acids is 3. The van der Waals surface area contributed by atoms with Crippen molar-refractivity contribution in [2.45, 2.75) is 319 Å². The SMILES string of the molecule is CCCCCCCCCCCCCCCC(=O)OC(COC(=O)CCCCCCCC1CC(C2OC2CCCCC)O1)COC(=O)CCCCCCCC1OC1C1CC(CC2OC2CC)O1. The molecule has 5 aliphatic rings. The molecule has 11 nitrogen and oxygen atoms in total. The Labute approximate surface area is 401 Å². The van der Waals surface area contributed by atoms with E-state index in [-0.39, 0.29) is 43.3 Å². The van der Waals surface area contributed by atoms with Gasteiger partial charge < -0.3 is 37.9 Å². The van der Waals surface area contributed by atoms with Gasteiger partial charge in [-0.25, -0.2) is 0 Å². The van der Waals surface area contributed by atoms with Crippen molar-refractivity contribution in [2.24, 2.45) is 0 Å². The third-order valence-electron chi connectivity index (χ3n) is 14.8. The molecule has 11 unspecified atom stereocenters. The van der Waals surface area contributed by atoms with Crippen LogP contribution in [0, 0.1) is 0 Å². The van der Waals surface area contributed by atoms with Crippen LogP contribution in [0.2, 0.25) is 0 Å². The van der Waals surface area contributed by atoms with E-state index in [0.717, 1.165) is 122 Å². The van der Waals surface area contributed by atoms with Gasteiger partial charge in [0.1, 0.15) is 25.4 Å². The summed E-state index contributed by atoms with van der Waals surface area (Å²) in [6.07, 6.45) is 41.3. The molecule has 0 aromatic rings. The van der Waals surface area contributed by atoms with Crippen LogP contribution in [0.3, 0.4) is 0 Å². The summed E-state index contributed by atoms with van der Waals surface area (Å²) in [6.45, 7) is 6.47. The highest BCUT2D eigenvalue weighted by Gasteiger charge is 2.52. The van der Waals surface area contributed by atoms with Crippen LogP contribution in [-0.4, -0.2) is 98.3 Å². The maximum Gasteiger partial charge on any atom is 0.306 e. The van der Waals surface area contributed by atoms with Crippen LogP contribution < -0.4 is 0 Å². The number of ether oxygens (including phenoxy) is 8. The third kappa shape index (κ3) is 23.2. The topological polar surface area (TPSA) is 135 Å². The summed E-state index contributed by atoms with van der Waals surface area (Å²) in [5.74, 6) is -0.940. The zero-order valence-electron chi connectivity index (χ0n) is 42.2. The molecule has 0 bridgehead atoms. The first-order valence-electron chi connectivity index (χ1n) is 28.1. The van der Waals surface area contributed by atoms with E-state index in [1.807, 2.05) is 0 Å². The van der Waals surface area contributed by atoms with Crippen molar-refractivity contribution in [3.8, 4) is 0 Å². The Bertz CT molecular complexity index is 1300. The molecule has 5 fully saturated rings. The number of carbonyl (C=O) groups is 3. The Kier molecular flexibility index (Phi) is 27.5. The van der Waals surface area contributed by atoms with E-state index in [1.54, 1.807) is 0 Å². The van der Waals surface area contributed by atoms with E-state index in [4.69, 9.17) is 37.9 Å². The second-order valence-corrected chi connectivity index (χ2v) is 20.8. The van der Waals surface area contributed by atoms with Crippen LogP contribution in [0.5, 0.6) is 0 Å². The fraction of sp³-hybridized carbons (Fsp3) is 0.945. The van der Waals surface area contributed by atoms with Gasteiger partial charge >= 0.3 is 17.9 Å². The maximum atomic E-state index is 12.9. The van der Waals surface area contributed by atoms with Gasteiger partial charge in [0.2, 0.25) is 0 Å². The van der Waals surface area contributed by atoms with Gasteiger partial charge in [0.15, 0.2) is 6.10 Å². The quantitative estimate of drug-likeness (QED) is 0.0250. The molecular formula is C55H96O11. The summed E-state index contributed by atoms with van der Waals surface area (Å²) < 4.78 is 46.6. The number of rotatable bonds is 44. The molecule has 11 heteroatoms. The molecule has 0 aliphatic carbocycles. The molecule has 0 amide bonds. The van der Waals surface area contributed by atoms with Crippen LogP contribution in [0.4, 0.5) is 0 Å². The number of hydrogen-bond donors (Lipinski definition) is 0. The van der Waals surface area contributed by atoms with Gasteiger partial charge in [-0.2, -0.15) is 0 Å². The Balaban J connectivity index is 0.860. The maximum absolute atomic E-state index is 12.9. The average molecular weight is 933 g/mol. The van der Waals surface area contributed by atoms with E-state index in [0.29, 0.717) is 68.1 Å². The molecule has 5 rings (SSSR count). The standard InChI is InChI=1S/C55H96O11/c1-4-7-9-10-11-12-13-14-15-16-17-22-30-36-53(58)63-44(40-59-51(56)34-28-23-18-20-26-31-42-37-49(61-42)54-46(65-54)32-25-8-5-2)41-60-52(57)35-29-24-19-21-27-33-47-55(66-47)50-39-43(62-50)38-48-45(6-3)64-48/h42-50,54-55H,4-41H2,1-3H3. The van der Waals surface area contributed by atoms with Gasteiger partial charge in [-0.1, -0.05) is 168 Å². The van der Waals surface area contributed by atoms with Gasteiger partial charge in [0.25, 0.3) is 0 Å². The first-order chi connectivity index (χ1) is 32.4. The summed E-state index contributed by atoms with van der Waals surface area (Å²) in [4.78, 5) is 38.3. The summed E-state index contributed by atoms with van der Waals surface area (Å²) >= 11 is 0. The minimum atomic E-state index is -0.801. The van der Waals surface area contributed by atoms with Crippen LogP contribution in [0.1, 0.15) is 252 Å². The second kappa shape index (κ2) is 32.9. The molecule has 382 valence electrons. The molecule has 66 heavy (non-hydrogen) atoms. The van der Waals surface area contributed by atoms with Gasteiger partial charge in [0, 0.05) is 38.5 Å². The van der Waals surface area contributed by atoms with Crippen molar-refractivity contribution in [3.63, 3.8) is 0 Å². The minimum absolute atomic E-state index is 0.0992. The van der Waals surface area contributed by atoms with Gasteiger partial charge in [0.05, 0.1) is 48.8 Å². The Morgan fingerprint density at radius 2 is 0.818 bits per heavy atom. The predicted octanol–water partition coefficient (Wildman–Crippen LogP) is 12.9. The lowest BCUT2D eigenvalue weighted by atomic mass is 9.95. The molecule has 0 spiro atoms. The smallest absolute Gasteiger partial charge is 0.306 e. The van der Waals surface area contributed by atoms with Crippen LogP contribution in [0.25, 0.3) is 0 Å². The zero-order valence-corrected chi connectivity index (χ0v) is 42.2. The summed E-state index contributed by atoms with van der Waals surface area (Å²) in [5.41, 5.74) is 0. The Morgan fingerprint density at radius 1 is 0.424 bits per heavy atom. The average Bonchev–Trinajstić information content (AvgIpc) is 4.21. The van der Waals surface area contributed by atoms with Gasteiger partial charge in [-0.05, 0) is 44.9 Å². The van der Waals surface area contributed by atoms with E-state index in [9.17, 15) is 14.4 Å². The highest BCUT2D eigenvalue weighted by Crippen LogP contribution is 2.42. The molecule has 5 aliphatic heterocycles. The third-order valence-corrected chi connectivity index (χ3v) is 14.8. The lowest BCUT2D eigenvalue weighted by Gasteiger charge is -2.35. The van der Waals surface area contributed by atoms with Crippen molar-refractivity contribution in [1.29, 1.82) is 0 Å². The highest BCUT2D eigenvalue weighted by molar-refractivity contribution is 5.71. The molecule has 11 atom stereocenters. The summed E-state index contributed by atoms with van der Waals surface area (Å²) in [5, 5.41) is 0. The fourth-order valence-electron chi connectivity index (χ4n) is 10.3. The predicted molar refractivity (Wildman–Crippen MR) is 258 cm³/mol. The number of esters is 3. The zero-order chi connectivity index (χ0) is 46.6. The first-order valence-corrected chi connectivity index (χ1v) is 28.1. The molecule has 5 saturated heterocycles. The van der Waals surface area contributed by atoms with Crippen LogP contribution in [-0.2, 0) is 52.3 Å². The molecule has 0 saturated carbocycles. The molecular weight excluding hydrogens is 837 g/mol. The van der Waals surface area contributed by atoms with Crippen molar-refractivity contribution in [3.05, 3.63) is 0 Å².